The van der Waals surface area contributed by atoms with Gasteiger partial charge in [-0.3, -0.25) is 4.79 Å². The lowest BCUT2D eigenvalue weighted by atomic mass is 10.2. The lowest BCUT2D eigenvalue weighted by Gasteiger charge is -2.21. The van der Waals surface area contributed by atoms with E-state index < -0.39 is 31.2 Å². The third kappa shape index (κ3) is 5.97. The molecule has 0 saturated heterocycles. The van der Waals surface area contributed by atoms with E-state index in [0.29, 0.717) is 0 Å². The van der Waals surface area contributed by atoms with E-state index in [9.17, 15) is 9.59 Å². The van der Waals surface area contributed by atoms with Gasteiger partial charge in [0, 0.05) is 14.9 Å². The van der Waals surface area contributed by atoms with Crippen LogP contribution in [-0.2, 0) is 14.3 Å². The Bertz CT molecular complexity index is 586. The summed E-state index contributed by atoms with van der Waals surface area (Å²) in [5.74, 6) is -2.38. The summed E-state index contributed by atoms with van der Waals surface area (Å²) in [7, 11) is 0. The highest BCUT2D eigenvalue weighted by atomic mass is 32.2. The van der Waals surface area contributed by atoms with Crippen molar-refractivity contribution in [2.75, 3.05) is 6.26 Å². The van der Waals surface area contributed by atoms with Gasteiger partial charge in [-0.25, -0.2) is 4.79 Å². The highest BCUT2D eigenvalue weighted by molar-refractivity contribution is 7.98. The maximum Gasteiger partial charge on any atom is 0.516 e. The van der Waals surface area contributed by atoms with Crippen LogP contribution in [0.3, 0.4) is 0 Å². The van der Waals surface area contributed by atoms with Crippen molar-refractivity contribution < 1.29 is 27.9 Å². The molecule has 0 aliphatic heterocycles. The van der Waals surface area contributed by atoms with Gasteiger partial charge in [-0.1, -0.05) is 27.6 Å². The first-order chi connectivity index (χ1) is 11.5. The first-order valence-corrected chi connectivity index (χ1v) is 8.00. The highest BCUT2D eigenvalue weighted by Gasteiger charge is 2.25. The summed E-state index contributed by atoms with van der Waals surface area (Å²) in [6, 6.07) is 6.79. The average Bonchev–Trinajstić information content (AvgIpc) is 2.53. The summed E-state index contributed by atoms with van der Waals surface area (Å²) < 4.78 is 36.8. The molecule has 122 valence electrons. The summed E-state index contributed by atoms with van der Waals surface area (Å²) >= 11 is 1.55. The predicted molar refractivity (Wildman–Crippen MR) is 84.9 cm³/mol. The molecule has 5 nitrogen and oxygen atoms in total. The molecule has 0 amide bonds. The van der Waals surface area contributed by atoms with Gasteiger partial charge < -0.3 is 14.2 Å². The van der Waals surface area contributed by atoms with Gasteiger partial charge in [-0.15, -0.1) is 11.8 Å². The fraction of sp³-hybridized carbons (Fsp3) is 0.500. The number of hydrogen-bond donors (Lipinski definition) is 0. The normalized spacial score (nSPS) is 16.0. The van der Waals surface area contributed by atoms with Crippen LogP contribution >= 0.6 is 11.8 Å². The second-order valence-corrected chi connectivity index (χ2v) is 5.80. The van der Waals surface area contributed by atoms with E-state index in [1.807, 2.05) is 6.26 Å². The number of thioether (sulfide) groups is 1. The Labute approximate surface area is 139 Å². The molecule has 0 N–H and O–H groups in total. The van der Waals surface area contributed by atoms with Crippen molar-refractivity contribution in [1.82, 2.24) is 0 Å². The number of rotatable bonds is 6. The second kappa shape index (κ2) is 8.68. The van der Waals surface area contributed by atoms with Gasteiger partial charge in [0.05, 0.1) is 5.92 Å². The Morgan fingerprint density at radius 2 is 1.77 bits per heavy atom. The van der Waals surface area contributed by atoms with Crippen molar-refractivity contribution in [3.8, 4) is 5.75 Å². The summed E-state index contributed by atoms with van der Waals surface area (Å²) in [4.78, 5) is 24.8. The van der Waals surface area contributed by atoms with Crippen LogP contribution in [0.1, 0.15) is 31.7 Å². The minimum atomic E-state index is -2.49. The molecule has 0 aliphatic carbocycles. The zero-order chi connectivity index (χ0) is 19.2. The summed E-state index contributed by atoms with van der Waals surface area (Å²) in [6.45, 7) is 2.08. The lowest BCUT2D eigenvalue weighted by Crippen LogP contribution is -2.32. The van der Waals surface area contributed by atoms with E-state index in [4.69, 9.17) is 18.3 Å². The molecule has 1 aromatic rings. The number of esters is 1. The van der Waals surface area contributed by atoms with Crippen molar-refractivity contribution in [2.45, 2.75) is 38.8 Å². The van der Waals surface area contributed by atoms with Crippen molar-refractivity contribution in [3.63, 3.8) is 0 Å². The summed E-state index contributed by atoms with van der Waals surface area (Å²) in [6.07, 6.45) is -0.355. The van der Waals surface area contributed by atoms with Crippen LogP contribution in [0.4, 0.5) is 4.79 Å². The standard InChI is InChI=1S/C16H22O5S/c1-10(2)14(17)20-15(11(3)4)21-16(18)19-12-6-8-13(22-5)9-7-12/h6-11,15H,1-5H3/i1D3. The van der Waals surface area contributed by atoms with Gasteiger partial charge in [0.15, 0.2) is 0 Å². The van der Waals surface area contributed by atoms with Gasteiger partial charge in [0.25, 0.3) is 6.29 Å². The van der Waals surface area contributed by atoms with Crippen molar-refractivity contribution >= 4 is 23.9 Å². The molecule has 0 heterocycles. The van der Waals surface area contributed by atoms with Gasteiger partial charge in [-0.2, -0.15) is 0 Å². The van der Waals surface area contributed by atoms with Crippen LogP contribution < -0.4 is 4.74 Å². The number of carbonyl (C=O) groups excluding carboxylic acids is 2. The van der Waals surface area contributed by atoms with Crippen LogP contribution in [0.2, 0.25) is 0 Å². The summed E-state index contributed by atoms with van der Waals surface area (Å²) in [5, 5.41) is 0. The molecule has 22 heavy (non-hydrogen) atoms. The van der Waals surface area contributed by atoms with Crippen molar-refractivity contribution in [3.05, 3.63) is 24.3 Å². The fourth-order valence-electron chi connectivity index (χ4n) is 1.37. The van der Waals surface area contributed by atoms with Crippen molar-refractivity contribution in [2.24, 2.45) is 11.8 Å². The zero-order valence-electron chi connectivity index (χ0n) is 16.0. The third-order valence-corrected chi connectivity index (χ3v) is 3.35. The molecule has 0 bridgehead atoms. The topological polar surface area (TPSA) is 61.8 Å². The Morgan fingerprint density at radius 3 is 2.27 bits per heavy atom. The van der Waals surface area contributed by atoms with Crippen LogP contribution in [0.5, 0.6) is 5.75 Å². The number of hydrogen-bond acceptors (Lipinski definition) is 6. The van der Waals surface area contributed by atoms with E-state index >= 15 is 0 Å². The molecule has 0 aliphatic rings. The number of ether oxygens (including phenoxy) is 3. The molecule has 6 heteroatoms. The molecule has 2 unspecified atom stereocenters. The Kier molecular flexibility index (Phi) is 5.50. The molecular weight excluding hydrogens is 304 g/mol. The maximum atomic E-state index is 11.9. The molecular formula is C16H22O5S. The molecule has 1 aromatic carbocycles. The minimum Gasteiger partial charge on any atom is -0.425 e. The van der Waals surface area contributed by atoms with Gasteiger partial charge in [-0.05, 0) is 30.5 Å². The third-order valence-electron chi connectivity index (χ3n) is 2.60. The van der Waals surface area contributed by atoms with E-state index in [1.54, 1.807) is 49.9 Å². The Morgan fingerprint density at radius 1 is 1.14 bits per heavy atom. The highest BCUT2D eigenvalue weighted by Crippen LogP contribution is 2.20. The summed E-state index contributed by atoms with van der Waals surface area (Å²) in [5.41, 5.74) is 0. The van der Waals surface area contributed by atoms with Gasteiger partial charge >= 0.3 is 12.1 Å². The monoisotopic (exact) mass is 329 g/mol. The molecule has 2 atom stereocenters. The van der Waals surface area contributed by atoms with E-state index in [0.717, 1.165) is 4.90 Å². The Hall–Kier alpha value is -1.69. The fourth-order valence-corrected chi connectivity index (χ4v) is 1.78. The zero-order valence-corrected chi connectivity index (χ0v) is 13.8. The van der Waals surface area contributed by atoms with E-state index in [1.165, 1.54) is 6.92 Å². The minimum absolute atomic E-state index is 0.285. The van der Waals surface area contributed by atoms with Gasteiger partial charge in [0.2, 0.25) is 0 Å². The molecule has 1 rings (SSSR count). The van der Waals surface area contributed by atoms with Crippen LogP contribution in [-0.4, -0.2) is 24.7 Å². The first kappa shape index (κ1) is 13.9. The van der Waals surface area contributed by atoms with Crippen LogP contribution in [0.15, 0.2) is 29.2 Å². The molecule has 0 radical (unpaired) electrons. The van der Waals surface area contributed by atoms with Crippen molar-refractivity contribution in [1.29, 1.82) is 0 Å². The van der Waals surface area contributed by atoms with Crippen LogP contribution in [0, 0.1) is 11.8 Å². The average molecular weight is 329 g/mol. The molecule has 0 aromatic heterocycles. The molecule has 0 saturated carbocycles. The second-order valence-electron chi connectivity index (χ2n) is 4.92. The van der Waals surface area contributed by atoms with E-state index in [2.05, 4.69) is 0 Å². The quantitative estimate of drug-likeness (QED) is 0.339. The number of benzene rings is 1. The first-order valence-electron chi connectivity index (χ1n) is 8.27. The maximum absolute atomic E-state index is 11.9. The Balaban J connectivity index is 2.67. The largest absolute Gasteiger partial charge is 0.516 e. The molecule has 0 spiro atoms. The number of carbonyl (C=O) groups is 2. The SMILES string of the molecule is [2H]C([2H])([2H])C(C)C(=O)OC(OC(=O)Oc1ccc(SC)cc1)C(C)C. The smallest absolute Gasteiger partial charge is 0.425 e. The molecule has 0 fully saturated rings. The predicted octanol–water partition coefficient (Wildman–Crippen LogP) is 4.11. The lowest BCUT2D eigenvalue weighted by molar-refractivity contribution is -0.180. The van der Waals surface area contributed by atoms with Gasteiger partial charge in [0.1, 0.15) is 5.75 Å². The van der Waals surface area contributed by atoms with Crippen LogP contribution in [0.25, 0.3) is 0 Å². The van der Waals surface area contributed by atoms with E-state index in [-0.39, 0.29) is 11.7 Å².